The highest BCUT2D eigenvalue weighted by Gasteiger charge is 2.50. The highest BCUT2D eigenvalue weighted by molar-refractivity contribution is 7.99. The van der Waals surface area contributed by atoms with E-state index in [9.17, 15) is 0 Å². The van der Waals surface area contributed by atoms with Crippen LogP contribution in [0.15, 0.2) is 168 Å². The third-order valence-corrected chi connectivity index (χ3v) is 12.2. The van der Waals surface area contributed by atoms with E-state index >= 15 is 0 Å². The average molecular weight is 727 g/mol. The van der Waals surface area contributed by atoms with Gasteiger partial charge >= 0.3 is 0 Å². The van der Waals surface area contributed by atoms with Crippen molar-refractivity contribution in [3.05, 3.63) is 191 Å². The molecule has 1 spiro atoms. The molecule has 6 aromatic carbocycles. The van der Waals surface area contributed by atoms with Crippen LogP contribution in [0.4, 0.5) is 0 Å². The first-order valence-corrected chi connectivity index (χ1v) is 19.6. The van der Waals surface area contributed by atoms with Crippen molar-refractivity contribution in [2.24, 2.45) is 0 Å². The summed E-state index contributed by atoms with van der Waals surface area (Å²) in [5.41, 5.74) is 14.4. The summed E-state index contributed by atoms with van der Waals surface area (Å²) in [7, 11) is 0. The number of hydrogen-bond donors (Lipinski definition) is 0. The molecule has 0 bridgehead atoms. The van der Waals surface area contributed by atoms with E-state index < -0.39 is 5.41 Å². The predicted molar refractivity (Wildman–Crippen MR) is 224 cm³/mol. The summed E-state index contributed by atoms with van der Waals surface area (Å²) < 4.78 is 0. The molecular weight excluding hydrogens is 689 g/mol. The molecule has 10 rings (SSSR count). The largest absolute Gasteiger partial charge is 0.257 e. The molecule has 0 N–H and O–H groups in total. The van der Waals surface area contributed by atoms with Crippen LogP contribution in [0.2, 0.25) is 0 Å². The number of fused-ring (bicyclic) bond motifs is 9. The van der Waals surface area contributed by atoms with Crippen LogP contribution >= 0.6 is 11.8 Å². The Bertz CT molecular complexity index is 2740. The fourth-order valence-corrected chi connectivity index (χ4v) is 9.60. The summed E-state index contributed by atoms with van der Waals surface area (Å²) in [5, 5.41) is 0. The lowest BCUT2D eigenvalue weighted by molar-refractivity contribution is 0.567. The maximum atomic E-state index is 5.21. The predicted octanol–water partition coefficient (Wildman–Crippen LogP) is 12.4. The molecule has 0 radical (unpaired) electrons. The van der Waals surface area contributed by atoms with Gasteiger partial charge in [0.05, 0.1) is 5.41 Å². The first kappa shape index (κ1) is 33.4. The van der Waals surface area contributed by atoms with E-state index in [-0.39, 0.29) is 5.41 Å². The van der Waals surface area contributed by atoms with E-state index in [2.05, 4.69) is 167 Å². The smallest absolute Gasteiger partial charge is 0.164 e. The van der Waals surface area contributed by atoms with Crippen molar-refractivity contribution in [1.29, 1.82) is 0 Å². The second-order valence-corrected chi connectivity index (χ2v) is 16.6. The van der Waals surface area contributed by atoms with Crippen LogP contribution in [-0.4, -0.2) is 19.9 Å². The van der Waals surface area contributed by atoms with Crippen LogP contribution < -0.4 is 0 Å². The molecule has 264 valence electrons. The molecular formula is C50H38N4S. The van der Waals surface area contributed by atoms with Gasteiger partial charge in [0.25, 0.3) is 0 Å². The molecule has 3 heterocycles. The molecule has 0 saturated heterocycles. The molecule has 5 heteroatoms. The van der Waals surface area contributed by atoms with Crippen LogP contribution in [0, 0.1) is 6.92 Å². The summed E-state index contributed by atoms with van der Waals surface area (Å²) in [6.45, 7) is 8.68. The molecule has 8 aromatic rings. The summed E-state index contributed by atoms with van der Waals surface area (Å²) in [5.74, 6) is 1.93. The second-order valence-electron chi connectivity index (χ2n) is 15.5. The van der Waals surface area contributed by atoms with Crippen molar-refractivity contribution in [1.82, 2.24) is 19.9 Å². The van der Waals surface area contributed by atoms with Crippen LogP contribution in [0.5, 0.6) is 0 Å². The number of rotatable bonds is 4. The van der Waals surface area contributed by atoms with Crippen molar-refractivity contribution in [3.8, 4) is 56.4 Å². The first-order valence-electron chi connectivity index (χ1n) is 18.8. The summed E-state index contributed by atoms with van der Waals surface area (Å²) in [6.07, 6.45) is 0. The summed E-state index contributed by atoms with van der Waals surface area (Å²) >= 11 is 1.84. The Hall–Kier alpha value is -6.17. The van der Waals surface area contributed by atoms with Gasteiger partial charge in [-0.3, -0.25) is 4.98 Å². The Labute approximate surface area is 326 Å². The number of nitrogens with zero attached hydrogens (tertiary/aromatic N) is 4. The Morgan fingerprint density at radius 3 is 1.56 bits per heavy atom. The van der Waals surface area contributed by atoms with E-state index in [0.717, 1.165) is 39.2 Å². The molecule has 0 saturated carbocycles. The Morgan fingerprint density at radius 2 is 0.927 bits per heavy atom. The summed E-state index contributed by atoms with van der Waals surface area (Å²) in [4.78, 5) is 22.9. The quantitative estimate of drug-likeness (QED) is 0.181. The van der Waals surface area contributed by atoms with E-state index in [4.69, 9.17) is 19.9 Å². The van der Waals surface area contributed by atoms with Crippen molar-refractivity contribution < 1.29 is 0 Å². The third-order valence-electron chi connectivity index (χ3n) is 11.1. The fraction of sp³-hybridized carbons (Fsp3) is 0.120. The monoisotopic (exact) mass is 726 g/mol. The molecule has 1 aliphatic heterocycles. The number of aromatic nitrogens is 4. The minimum Gasteiger partial charge on any atom is -0.257 e. The van der Waals surface area contributed by atoms with Gasteiger partial charge in [0.2, 0.25) is 0 Å². The molecule has 2 aliphatic rings. The van der Waals surface area contributed by atoms with E-state index in [0.29, 0.717) is 17.5 Å². The molecule has 0 amide bonds. The van der Waals surface area contributed by atoms with Gasteiger partial charge in [-0.1, -0.05) is 166 Å². The van der Waals surface area contributed by atoms with Crippen molar-refractivity contribution in [2.75, 3.05) is 0 Å². The second kappa shape index (κ2) is 12.7. The molecule has 0 fully saturated rings. The molecule has 2 aromatic heterocycles. The Morgan fingerprint density at radius 1 is 0.418 bits per heavy atom. The van der Waals surface area contributed by atoms with Gasteiger partial charge in [-0.25, -0.2) is 15.0 Å². The van der Waals surface area contributed by atoms with Crippen LogP contribution in [0.1, 0.15) is 54.4 Å². The Balaban J connectivity index is 1.14. The third kappa shape index (κ3) is 5.37. The number of aryl methyl sites for hydroxylation is 1. The van der Waals surface area contributed by atoms with Crippen molar-refractivity contribution >= 4 is 11.8 Å². The van der Waals surface area contributed by atoms with Crippen LogP contribution in [0.3, 0.4) is 0 Å². The maximum absolute atomic E-state index is 5.21. The van der Waals surface area contributed by atoms with Gasteiger partial charge in [0.15, 0.2) is 17.5 Å². The van der Waals surface area contributed by atoms with Crippen molar-refractivity contribution in [2.45, 2.75) is 48.3 Å². The summed E-state index contributed by atoms with van der Waals surface area (Å²) in [6, 6.07) is 56.5. The fourth-order valence-electron chi connectivity index (χ4n) is 8.43. The lowest BCUT2D eigenvalue weighted by atomic mass is 9.67. The van der Waals surface area contributed by atoms with Crippen LogP contribution in [-0.2, 0) is 10.8 Å². The number of pyridine rings is 1. The normalized spacial score (nSPS) is 13.5. The zero-order valence-electron chi connectivity index (χ0n) is 31.2. The van der Waals surface area contributed by atoms with Gasteiger partial charge in [-0.05, 0) is 70.1 Å². The molecule has 0 unspecified atom stereocenters. The molecule has 0 atom stereocenters. The lowest BCUT2D eigenvalue weighted by Gasteiger charge is -2.39. The van der Waals surface area contributed by atoms with Gasteiger partial charge in [0, 0.05) is 48.8 Å². The van der Waals surface area contributed by atoms with E-state index in [1.807, 2.05) is 30.0 Å². The minimum atomic E-state index is -0.480. The zero-order chi connectivity index (χ0) is 37.3. The standard InChI is InChI=1S/C50H38N4S/c1-31-36(27-29-45(51-31)49(2,3)4)32-22-24-34(25-23-32)47-52-46(33-14-6-5-7-15-33)53-48(54-47)35-26-28-44-42(30-35)50(41-20-12-13-21-43(41)55-44)39-18-10-8-16-37(39)38-17-9-11-19-40(38)50/h5-30H,1-4H3. The van der Waals surface area contributed by atoms with Gasteiger partial charge < -0.3 is 0 Å². The molecule has 1 aliphatic carbocycles. The van der Waals surface area contributed by atoms with E-state index in [1.54, 1.807) is 0 Å². The van der Waals surface area contributed by atoms with E-state index in [1.165, 1.54) is 43.2 Å². The first-order chi connectivity index (χ1) is 26.8. The van der Waals surface area contributed by atoms with Gasteiger partial charge in [-0.15, -0.1) is 0 Å². The minimum absolute atomic E-state index is 0.00591. The van der Waals surface area contributed by atoms with Gasteiger partial charge in [0.1, 0.15) is 0 Å². The maximum Gasteiger partial charge on any atom is 0.164 e. The lowest BCUT2D eigenvalue weighted by Crippen LogP contribution is -2.32. The van der Waals surface area contributed by atoms with Crippen molar-refractivity contribution in [3.63, 3.8) is 0 Å². The van der Waals surface area contributed by atoms with Crippen LogP contribution in [0.25, 0.3) is 56.4 Å². The SMILES string of the molecule is Cc1nc(C(C)(C)C)ccc1-c1ccc(-c2nc(-c3ccccc3)nc(-c3ccc4c(c3)C3(c5ccccc5S4)c4ccccc4-c4ccccc43)n2)cc1. The average Bonchev–Trinajstić information content (AvgIpc) is 3.51. The molecule has 4 nitrogen and oxygen atoms in total. The highest BCUT2D eigenvalue weighted by atomic mass is 32.2. The zero-order valence-corrected chi connectivity index (χ0v) is 32.0. The topological polar surface area (TPSA) is 51.6 Å². The van der Waals surface area contributed by atoms with Gasteiger partial charge in [-0.2, -0.15) is 0 Å². The molecule has 55 heavy (non-hydrogen) atoms. The highest BCUT2D eigenvalue weighted by Crippen LogP contribution is 2.62. The number of benzene rings is 6. The number of hydrogen-bond acceptors (Lipinski definition) is 5. The Kier molecular flexibility index (Phi) is 7.72.